The topological polar surface area (TPSA) is 133 Å². The number of aromatic nitrogens is 2. The predicted molar refractivity (Wildman–Crippen MR) is 64.6 cm³/mol. The summed E-state index contributed by atoms with van der Waals surface area (Å²) in [5.74, 6) is 0. The molecule has 0 spiro atoms. The maximum absolute atomic E-state index is 11.8. The van der Waals surface area contributed by atoms with Crippen molar-refractivity contribution in [1.82, 2.24) is 9.55 Å². The van der Waals surface area contributed by atoms with Gasteiger partial charge in [0.25, 0.3) is 5.56 Å². The SMILES string of the molecule is [2H]C([2H])([2H])c1cn([C@H]2C[C@H](N=[N+]=[N-])[C@@H](CO)O2)c(=O)[nH]c1=O. The summed E-state index contributed by atoms with van der Waals surface area (Å²) in [4.78, 5) is 28.0. The summed E-state index contributed by atoms with van der Waals surface area (Å²) in [5, 5.41) is 12.6. The number of hydrogen-bond donors (Lipinski definition) is 2. The largest absolute Gasteiger partial charge is 0.394 e. The lowest BCUT2D eigenvalue weighted by Crippen LogP contribution is -2.33. The second-order valence-electron chi connectivity index (χ2n) is 4.03. The normalized spacial score (nSPS) is 29.1. The average molecular weight is 270 g/mol. The van der Waals surface area contributed by atoms with Crippen molar-refractivity contribution in [1.29, 1.82) is 0 Å². The Morgan fingerprint density at radius 3 is 3.21 bits per heavy atom. The molecule has 9 nitrogen and oxygen atoms in total. The minimum absolute atomic E-state index is 0.0711. The Morgan fingerprint density at radius 1 is 1.79 bits per heavy atom. The Morgan fingerprint density at radius 2 is 2.58 bits per heavy atom. The molecule has 1 fully saturated rings. The zero-order valence-corrected chi connectivity index (χ0v) is 9.68. The summed E-state index contributed by atoms with van der Waals surface area (Å²) in [7, 11) is 0. The van der Waals surface area contributed by atoms with Crippen LogP contribution in [0.5, 0.6) is 0 Å². The van der Waals surface area contributed by atoms with Crippen molar-refractivity contribution in [3.8, 4) is 0 Å². The highest BCUT2D eigenvalue weighted by molar-refractivity contribution is 5.02. The lowest BCUT2D eigenvalue weighted by Gasteiger charge is -2.14. The average Bonchev–Trinajstić information content (AvgIpc) is 2.80. The third-order valence-corrected chi connectivity index (χ3v) is 2.86. The molecule has 3 atom stereocenters. The van der Waals surface area contributed by atoms with Crippen LogP contribution < -0.4 is 11.2 Å². The van der Waals surface area contributed by atoms with E-state index in [-0.39, 0.29) is 6.42 Å². The zero-order valence-electron chi connectivity index (χ0n) is 12.7. The first-order chi connectivity index (χ1) is 10.3. The highest BCUT2D eigenvalue weighted by atomic mass is 16.5. The van der Waals surface area contributed by atoms with E-state index in [1.54, 1.807) is 0 Å². The van der Waals surface area contributed by atoms with Crippen LogP contribution in [-0.4, -0.2) is 33.4 Å². The molecule has 1 aliphatic rings. The molecule has 2 N–H and O–H groups in total. The molecule has 19 heavy (non-hydrogen) atoms. The fourth-order valence-electron chi connectivity index (χ4n) is 1.94. The number of aliphatic hydroxyl groups is 1. The third-order valence-electron chi connectivity index (χ3n) is 2.86. The van der Waals surface area contributed by atoms with Gasteiger partial charge in [-0.3, -0.25) is 14.3 Å². The van der Waals surface area contributed by atoms with Crippen LogP contribution in [0.15, 0.2) is 20.9 Å². The number of nitrogens with one attached hydrogen (secondary N) is 1. The number of aromatic amines is 1. The Balaban J connectivity index is 2.44. The first-order valence-electron chi connectivity index (χ1n) is 6.94. The van der Waals surface area contributed by atoms with Gasteiger partial charge in [0.05, 0.1) is 18.8 Å². The zero-order chi connectivity index (χ0) is 16.5. The predicted octanol–water partition coefficient (Wildman–Crippen LogP) is -0.196. The van der Waals surface area contributed by atoms with Crippen LogP contribution in [-0.2, 0) is 4.74 Å². The third kappa shape index (κ3) is 2.53. The number of aryl methyl sites for hydroxylation is 1. The van der Waals surface area contributed by atoms with Gasteiger partial charge >= 0.3 is 5.69 Å². The Bertz CT molecular complexity index is 720. The summed E-state index contributed by atoms with van der Waals surface area (Å²) in [6, 6.07) is -0.699. The van der Waals surface area contributed by atoms with Gasteiger partial charge in [0.15, 0.2) is 0 Å². The molecule has 102 valence electrons. The van der Waals surface area contributed by atoms with Crippen molar-refractivity contribution in [2.75, 3.05) is 6.61 Å². The lowest BCUT2D eigenvalue weighted by molar-refractivity contribution is -0.0271. The molecule has 0 aliphatic carbocycles. The van der Waals surface area contributed by atoms with Crippen LogP contribution in [0.25, 0.3) is 10.4 Å². The van der Waals surface area contributed by atoms with Gasteiger partial charge in [0.2, 0.25) is 0 Å². The maximum Gasteiger partial charge on any atom is 0.330 e. The second kappa shape index (κ2) is 5.27. The molecule has 2 rings (SSSR count). The van der Waals surface area contributed by atoms with Crippen LogP contribution in [0, 0.1) is 6.85 Å². The Labute approximate surface area is 111 Å². The van der Waals surface area contributed by atoms with Crippen molar-refractivity contribution < 1.29 is 14.0 Å². The first-order valence-corrected chi connectivity index (χ1v) is 5.44. The molecule has 0 radical (unpaired) electrons. The van der Waals surface area contributed by atoms with Crippen molar-refractivity contribution in [2.24, 2.45) is 5.11 Å². The van der Waals surface area contributed by atoms with Crippen molar-refractivity contribution >= 4 is 0 Å². The number of ether oxygens (including phenoxy) is 1. The number of aliphatic hydroxyl groups excluding tert-OH is 1. The van der Waals surface area contributed by atoms with Gasteiger partial charge in [-0.15, -0.1) is 0 Å². The fraction of sp³-hybridized carbons (Fsp3) is 0.600. The van der Waals surface area contributed by atoms with E-state index < -0.39 is 48.6 Å². The molecule has 0 bridgehead atoms. The van der Waals surface area contributed by atoms with Crippen LogP contribution >= 0.6 is 0 Å². The number of H-pyrrole nitrogens is 1. The summed E-state index contributed by atoms with van der Waals surface area (Å²) in [6.45, 7) is -3.12. The number of rotatable bonds is 3. The molecular formula is C10H13N5O4. The molecule has 0 amide bonds. The maximum atomic E-state index is 11.8. The molecule has 1 aromatic heterocycles. The molecule has 1 aromatic rings. The molecule has 2 heterocycles. The summed E-state index contributed by atoms with van der Waals surface area (Å²) in [5.41, 5.74) is 6.08. The van der Waals surface area contributed by atoms with Crippen molar-refractivity contribution in [2.45, 2.75) is 31.6 Å². The standard InChI is InChI=1S/C10H13N5O4/c1-5-3-15(10(18)12-9(5)17)8-2-6(13-14-11)7(4-16)19-8/h3,6-8,16H,2,4H2,1H3,(H,12,17,18)/t6-,7+,8+/m0/s1/i1D3. The molecule has 0 saturated carbocycles. The number of azide groups is 1. The highest BCUT2D eigenvalue weighted by Gasteiger charge is 2.35. The van der Waals surface area contributed by atoms with Crippen molar-refractivity contribution in [3.63, 3.8) is 0 Å². The van der Waals surface area contributed by atoms with E-state index in [9.17, 15) is 14.7 Å². The number of hydrogen-bond acceptors (Lipinski definition) is 5. The highest BCUT2D eigenvalue weighted by Crippen LogP contribution is 2.29. The molecule has 0 aromatic carbocycles. The van der Waals surface area contributed by atoms with E-state index in [1.807, 2.05) is 4.98 Å². The molecular weight excluding hydrogens is 254 g/mol. The molecule has 1 aliphatic heterocycles. The van der Waals surface area contributed by atoms with Gasteiger partial charge in [-0.1, -0.05) is 5.11 Å². The van der Waals surface area contributed by atoms with Gasteiger partial charge in [0.1, 0.15) is 6.23 Å². The van der Waals surface area contributed by atoms with E-state index in [4.69, 9.17) is 14.4 Å². The Kier molecular flexibility index (Phi) is 2.71. The van der Waals surface area contributed by atoms with E-state index in [1.165, 1.54) is 0 Å². The monoisotopic (exact) mass is 270 g/mol. The summed E-state index contributed by atoms with van der Waals surface area (Å²) < 4.78 is 28.2. The first kappa shape index (κ1) is 9.79. The molecule has 1 saturated heterocycles. The van der Waals surface area contributed by atoms with Crippen molar-refractivity contribution in [3.05, 3.63) is 43.0 Å². The van der Waals surface area contributed by atoms with Gasteiger partial charge in [-0.2, -0.15) is 0 Å². The van der Waals surface area contributed by atoms with E-state index in [0.717, 1.165) is 10.8 Å². The summed E-state index contributed by atoms with van der Waals surface area (Å²) >= 11 is 0. The van der Waals surface area contributed by atoms with Crippen LogP contribution in [0.4, 0.5) is 0 Å². The lowest BCUT2D eigenvalue weighted by atomic mass is 10.1. The second-order valence-corrected chi connectivity index (χ2v) is 4.03. The minimum Gasteiger partial charge on any atom is -0.394 e. The molecule has 9 heteroatoms. The van der Waals surface area contributed by atoms with E-state index in [0.29, 0.717) is 0 Å². The van der Waals surface area contributed by atoms with Crippen LogP contribution in [0.3, 0.4) is 0 Å². The fourth-order valence-corrected chi connectivity index (χ4v) is 1.94. The minimum atomic E-state index is -2.69. The van der Waals surface area contributed by atoms with Crippen LogP contribution in [0.2, 0.25) is 0 Å². The van der Waals surface area contributed by atoms with Gasteiger partial charge in [-0.25, -0.2) is 4.79 Å². The number of nitrogens with zero attached hydrogens (tertiary/aromatic N) is 4. The summed E-state index contributed by atoms with van der Waals surface area (Å²) in [6.07, 6.45) is -0.776. The smallest absolute Gasteiger partial charge is 0.330 e. The Hall–Kier alpha value is -2.09. The van der Waals surface area contributed by atoms with Gasteiger partial charge in [0, 0.05) is 27.2 Å². The van der Waals surface area contributed by atoms with Gasteiger partial charge in [-0.05, 0) is 12.4 Å². The molecule has 0 unspecified atom stereocenters. The quantitative estimate of drug-likeness (QED) is 0.447. The van der Waals surface area contributed by atoms with E-state index >= 15 is 0 Å². The van der Waals surface area contributed by atoms with Gasteiger partial charge < -0.3 is 9.84 Å². The van der Waals surface area contributed by atoms with Crippen LogP contribution in [0.1, 0.15) is 22.3 Å². The van der Waals surface area contributed by atoms with E-state index in [2.05, 4.69) is 10.0 Å².